The van der Waals surface area contributed by atoms with Crippen molar-refractivity contribution in [3.05, 3.63) is 76.0 Å². The van der Waals surface area contributed by atoms with Crippen molar-refractivity contribution < 1.29 is 13.9 Å². The molecule has 0 aliphatic heterocycles. The lowest BCUT2D eigenvalue weighted by Gasteiger charge is -2.07. The van der Waals surface area contributed by atoms with E-state index in [1.165, 1.54) is 6.07 Å². The van der Waals surface area contributed by atoms with Crippen molar-refractivity contribution >= 4 is 5.91 Å². The summed E-state index contributed by atoms with van der Waals surface area (Å²) in [6.07, 6.45) is 1.07. The highest BCUT2D eigenvalue weighted by Crippen LogP contribution is 2.20. The van der Waals surface area contributed by atoms with Gasteiger partial charge in [0.15, 0.2) is 5.82 Å². The van der Waals surface area contributed by atoms with Crippen molar-refractivity contribution in [2.75, 3.05) is 6.61 Å². The minimum Gasteiger partial charge on any atom is -0.494 e. The van der Waals surface area contributed by atoms with Gasteiger partial charge in [0.25, 0.3) is 5.56 Å². The Hall–Kier alpha value is -3.55. The molecule has 0 saturated heterocycles. The Morgan fingerprint density at radius 1 is 1.17 bits per heavy atom. The van der Waals surface area contributed by atoms with Crippen molar-refractivity contribution in [2.45, 2.75) is 32.7 Å². The molecule has 1 aromatic heterocycles. The first kappa shape index (κ1) is 21.2. The zero-order valence-electron chi connectivity index (χ0n) is 16.7. The zero-order valence-corrected chi connectivity index (χ0v) is 16.7. The number of ether oxygens (including phenoxy) is 1. The van der Waals surface area contributed by atoms with E-state index in [-0.39, 0.29) is 36.8 Å². The number of nitrogens with zero attached hydrogens (tertiary/aromatic N) is 2. The van der Waals surface area contributed by atoms with E-state index in [2.05, 4.69) is 20.5 Å². The number of aryl methyl sites for hydroxylation is 1. The van der Waals surface area contributed by atoms with E-state index in [1.54, 1.807) is 30.3 Å². The highest BCUT2D eigenvalue weighted by atomic mass is 19.1. The molecular formula is C22H23FN4O3. The first-order valence-electron chi connectivity index (χ1n) is 9.76. The molecule has 0 bridgehead atoms. The molecule has 7 nitrogen and oxygen atoms in total. The normalized spacial score (nSPS) is 10.6. The van der Waals surface area contributed by atoms with Crippen molar-refractivity contribution in [1.29, 1.82) is 0 Å². The largest absolute Gasteiger partial charge is 0.494 e. The van der Waals surface area contributed by atoms with Gasteiger partial charge >= 0.3 is 0 Å². The Labute approximate surface area is 173 Å². The molecule has 0 aliphatic rings. The molecule has 3 aromatic rings. The molecule has 0 atom stereocenters. The van der Waals surface area contributed by atoms with Crippen molar-refractivity contribution in [1.82, 2.24) is 20.5 Å². The van der Waals surface area contributed by atoms with Crippen LogP contribution in [-0.2, 0) is 17.8 Å². The van der Waals surface area contributed by atoms with E-state index in [0.717, 1.165) is 6.42 Å². The SMILES string of the molecule is CCCOc1cccc(-c2nnc(CCC(=O)NCc3ccccc3F)c(=O)[nH]2)c1. The minimum absolute atomic E-state index is 0.0475. The molecular weight excluding hydrogens is 387 g/mol. The summed E-state index contributed by atoms with van der Waals surface area (Å²) in [5, 5.41) is 10.7. The van der Waals surface area contributed by atoms with Crippen LogP contribution >= 0.6 is 0 Å². The summed E-state index contributed by atoms with van der Waals surface area (Å²) in [5.41, 5.74) is 0.848. The first-order chi connectivity index (χ1) is 14.6. The number of hydrogen-bond acceptors (Lipinski definition) is 5. The van der Waals surface area contributed by atoms with Crippen LogP contribution in [0.3, 0.4) is 0 Å². The van der Waals surface area contributed by atoms with Gasteiger partial charge in [-0.05, 0) is 24.6 Å². The number of halogens is 1. The number of nitrogens with one attached hydrogen (secondary N) is 2. The molecule has 0 spiro atoms. The molecule has 8 heteroatoms. The number of aromatic nitrogens is 3. The van der Waals surface area contributed by atoms with Crippen LogP contribution in [0.1, 0.15) is 31.0 Å². The van der Waals surface area contributed by atoms with Gasteiger partial charge < -0.3 is 15.0 Å². The van der Waals surface area contributed by atoms with Gasteiger partial charge in [-0.15, -0.1) is 10.2 Å². The number of H-pyrrole nitrogens is 1. The lowest BCUT2D eigenvalue weighted by Crippen LogP contribution is -2.25. The standard InChI is InChI=1S/C22H23FN4O3/c1-2-12-30-17-8-5-7-15(13-17)21-25-22(29)19(26-27-21)10-11-20(28)24-14-16-6-3-4-9-18(16)23/h3-9,13H,2,10-12,14H2,1H3,(H,24,28)(H,25,27,29). The number of benzene rings is 2. The Kier molecular flexibility index (Phi) is 7.26. The van der Waals surface area contributed by atoms with Gasteiger partial charge in [-0.25, -0.2) is 4.39 Å². The molecule has 30 heavy (non-hydrogen) atoms. The average molecular weight is 410 g/mol. The van der Waals surface area contributed by atoms with Crippen LogP contribution in [0.15, 0.2) is 53.3 Å². The van der Waals surface area contributed by atoms with E-state index >= 15 is 0 Å². The third-order valence-electron chi connectivity index (χ3n) is 4.37. The molecule has 1 amide bonds. The molecule has 156 valence electrons. The molecule has 2 N–H and O–H groups in total. The fourth-order valence-electron chi connectivity index (χ4n) is 2.76. The highest BCUT2D eigenvalue weighted by molar-refractivity contribution is 5.76. The maximum atomic E-state index is 13.6. The fraction of sp³-hybridized carbons (Fsp3) is 0.273. The number of rotatable bonds is 9. The first-order valence-corrected chi connectivity index (χ1v) is 9.76. The van der Waals surface area contributed by atoms with Crippen LogP contribution in [0.25, 0.3) is 11.4 Å². The third-order valence-corrected chi connectivity index (χ3v) is 4.37. The Balaban J connectivity index is 1.58. The monoisotopic (exact) mass is 410 g/mol. The lowest BCUT2D eigenvalue weighted by atomic mass is 10.2. The van der Waals surface area contributed by atoms with E-state index in [9.17, 15) is 14.0 Å². The summed E-state index contributed by atoms with van der Waals surface area (Å²) in [6, 6.07) is 13.5. The molecule has 0 aliphatic carbocycles. The molecule has 0 fully saturated rings. The quantitative estimate of drug-likeness (QED) is 0.565. The second-order valence-electron chi connectivity index (χ2n) is 6.69. The van der Waals surface area contributed by atoms with Gasteiger partial charge in [-0.2, -0.15) is 0 Å². The number of amides is 1. The van der Waals surface area contributed by atoms with Crippen molar-refractivity contribution in [2.24, 2.45) is 0 Å². The Bertz CT molecular complexity index is 1070. The minimum atomic E-state index is -0.401. The van der Waals surface area contributed by atoms with Gasteiger partial charge in [-0.1, -0.05) is 37.3 Å². The smallest absolute Gasteiger partial charge is 0.273 e. The third kappa shape index (κ3) is 5.73. The summed E-state index contributed by atoms with van der Waals surface area (Å²) in [7, 11) is 0. The molecule has 0 radical (unpaired) electrons. The number of carbonyl (C=O) groups is 1. The molecule has 0 unspecified atom stereocenters. The van der Waals surface area contributed by atoms with Gasteiger partial charge in [0.2, 0.25) is 5.91 Å². The maximum Gasteiger partial charge on any atom is 0.273 e. The van der Waals surface area contributed by atoms with Crippen LogP contribution in [0.4, 0.5) is 4.39 Å². The van der Waals surface area contributed by atoms with E-state index in [0.29, 0.717) is 29.3 Å². The van der Waals surface area contributed by atoms with Gasteiger partial charge in [-0.3, -0.25) is 9.59 Å². The zero-order chi connectivity index (χ0) is 21.3. The van der Waals surface area contributed by atoms with Crippen LogP contribution in [0.2, 0.25) is 0 Å². The molecule has 3 rings (SSSR count). The van der Waals surface area contributed by atoms with Gasteiger partial charge in [0, 0.05) is 30.5 Å². The summed E-state index contributed by atoms with van der Waals surface area (Å²) < 4.78 is 19.2. The van der Waals surface area contributed by atoms with E-state index < -0.39 is 5.56 Å². The number of hydrogen-bond donors (Lipinski definition) is 2. The molecule has 0 saturated carbocycles. The molecule has 1 heterocycles. The van der Waals surface area contributed by atoms with Crippen LogP contribution < -0.4 is 15.6 Å². The topological polar surface area (TPSA) is 97.0 Å². The van der Waals surface area contributed by atoms with E-state index in [1.807, 2.05) is 19.1 Å². The van der Waals surface area contributed by atoms with Crippen LogP contribution in [0, 0.1) is 5.82 Å². The van der Waals surface area contributed by atoms with E-state index in [4.69, 9.17) is 4.74 Å². The second-order valence-corrected chi connectivity index (χ2v) is 6.69. The van der Waals surface area contributed by atoms with Crippen LogP contribution in [0.5, 0.6) is 5.75 Å². The number of aromatic amines is 1. The Morgan fingerprint density at radius 3 is 2.77 bits per heavy atom. The van der Waals surface area contributed by atoms with Crippen molar-refractivity contribution in [3.8, 4) is 17.1 Å². The summed E-state index contributed by atoms with van der Waals surface area (Å²) >= 11 is 0. The lowest BCUT2D eigenvalue weighted by molar-refractivity contribution is -0.121. The highest BCUT2D eigenvalue weighted by Gasteiger charge is 2.11. The predicted octanol–water partition coefficient (Wildman–Crippen LogP) is 3.01. The maximum absolute atomic E-state index is 13.6. The second kappa shape index (κ2) is 10.3. The average Bonchev–Trinajstić information content (AvgIpc) is 2.76. The Morgan fingerprint density at radius 2 is 2.00 bits per heavy atom. The number of carbonyl (C=O) groups excluding carboxylic acids is 1. The van der Waals surface area contributed by atoms with Gasteiger partial charge in [0.1, 0.15) is 17.3 Å². The van der Waals surface area contributed by atoms with Crippen molar-refractivity contribution in [3.63, 3.8) is 0 Å². The predicted molar refractivity (Wildman–Crippen MR) is 110 cm³/mol. The van der Waals surface area contributed by atoms with Gasteiger partial charge in [0.05, 0.1) is 6.61 Å². The summed E-state index contributed by atoms with van der Waals surface area (Å²) in [4.78, 5) is 27.1. The van der Waals surface area contributed by atoms with Crippen LogP contribution in [-0.4, -0.2) is 27.7 Å². The summed E-state index contributed by atoms with van der Waals surface area (Å²) in [6.45, 7) is 2.71. The molecule has 2 aromatic carbocycles. The fourth-order valence-corrected chi connectivity index (χ4v) is 2.76. The summed E-state index contributed by atoms with van der Waals surface area (Å²) in [5.74, 6) is 0.339.